The third-order valence-corrected chi connectivity index (χ3v) is 5.70. The summed E-state index contributed by atoms with van der Waals surface area (Å²) >= 11 is 4.19. The number of anilines is 1. The lowest BCUT2D eigenvalue weighted by Gasteiger charge is -2.18. The van der Waals surface area contributed by atoms with Crippen molar-refractivity contribution in [2.75, 3.05) is 11.9 Å². The summed E-state index contributed by atoms with van der Waals surface area (Å²) in [7, 11) is 0. The number of halogens is 2. The van der Waals surface area contributed by atoms with Crippen LogP contribution in [0.3, 0.4) is 0 Å². The predicted molar refractivity (Wildman–Crippen MR) is 115 cm³/mol. The molecule has 1 fully saturated rings. The van der Waals surface area contributed by atoms with Crippen molar-refractivity contribution in [2.45, 2.75) is 43.5 Å². The normalized spacial score (nSPS) is 13.6. The zero-order valence-electron chi connectivity index (χ0n) is 16.4. The Morgan fingerprint density at radius 2 is 2.07 bits per heavy atom. The van der Waals surface area contributed by atoms with E-state index in [-0.39, 0.29) is 33.1 Å². The molecule has 0 unspecified atom stereocenters. The van der Waals surface area contributed by atoms with Gasteiger partial charge in [0.2, 0.25) is 5.43 Å². The van der Waals surface area contributed by atoms with Gasteiger partial charge in [0.15, 0.2) is 17.4 Å². The summed E-state index contributed by atoms with van der Waals surface area (Å²) in [6.45, 7) is 1.59. The largest absolute Gasteiger partial charge is 0.380 e. The summed E-state index contributed by atoms with van der Waals surface area (Å²) in [5.41, 5.74) is -0.199. The van der Waals surface area contributed by atoms with Gasteiger partial charge in [0.25, 0.3) is 0 Å². The van der Waals surface area contributed by atoms with Crippen molar-refractivity contribution in [3.05, 3.63) is 63.7 Å². The monoisotopic (exact) mass is 429 g/mol. The smallest absolute Gasteiger partial charge is 0.201 e. The first-order valence-corrected chi connectivity index (χ1v) is 10.3. The first-order chi connectivity index (χ1) is 14.4. The van der Waals surface area contributed by atoms with E-state index in [1.54, 1.807) is 10.8 Å². The molecule has 3 aromatic rings. The van der Waals surface area contributed by atoms with Gasteiger partial charge >= 0.3 is 0 Å². The van der Waals surface area contributed by atoms with Crippen molar-refractivity contribution < 1.29 is 13.6 Å². The number of thiol groups is 1. The van der Waals surface area contributed by atoms with Gasteiger partial charge in [0.1, 0.15) is 5.69 Å². The highest BCUT2D eigenvalue weighted by molar-refractivity contribution is 7.80. The molecule has 0 saturated heterocycles. The molecule has 1 N–H and O–H groups in total. The highest BCUT2D eigenvalue weighted by Gasteiger charge is 2.30. The average molecular weight is 429 g/mol. The number of hydrogen-bond donors (Lipinski definition) is 2. The minimum Gasteiger partial charge on any atom is -0.380 e. The Balaban J connectivity index is 1.73. The van der Waals surface area contributed by atoms with E-state index in [2.05, 4.69) is 22.9 Å². The maximum Gasteiger partial charge on any atom is 0.201 e. The van der Waals surface area contributed by atoms with Crippen molar-refractivity contribution in [1.29, 1.82) is 0 Å². The zero-order valence-corrected chi connectivity index (χ0v) is 17.3. The lowest BCUT2D eigenvalue weighted by Crippen LogP contribution is -2.20. The molecule has 1 aliphatic rings. The predicted octanol–water partition coefficient (Wildman–Crippen LogP) is 4.55. The lowest BCUT2D eigenvalue weighted by atomic mass is 10.1. The third-order valence-electron chi connectivity index (χ3n) is 5.28. The maximum absolute atomic E-state index is 15.4. The Morgan fingerprint density at radius 3 is 2.70 bits per heavy atom. The number of hydrogen-bond acceptors (Lipinski definition) is 5. The zero-order chi connectivity index (χ0) is 21.4. The molecule has 8 heteroatoms. The van der Waals surface area contributed by atoms with Crippen LogP contribution in [0.15, 0.2) is 40.3 Å². The van der Waals surface area contributed by atoms with E-state index in [9.17, 15) is 14.0 Å². The standard InChI is InChI=1S/C22H21F2N3O2S/c1-12(28)15-11-27(14-7-8-14)20-16(21(15)29)22(30)18(24)19(17(20)23)26-10-4-6-13-5-2-3-9-25-13/h2-3,5,9,11,14,26,30H,4,6-8,10H2,1H3. The fourth-order valence-electron chi connectivity index (χ4n) is 3.59. The van der Waals surface area contributed by atoms with E-state index in [1.807, 2.05) is 18.2 Å². The van der Waals surface area contributed by atoms with Gasteiger partial charge in [-0.05, 0) is 44.7 Å². The Bertz CT molecular complexity index is 1190. The minimum atomic E-state index is -0.929. The number of ketones is 1. The van der Waals surface area contributed by atoms with Crippen LogP contribution in [0.1, 0.15) is 48.3 Å². The number of aromatic nitrogens is 2. The van der Waals surface area contributed by atoms with E-state index in [0.717, 1.165) is 18.5 Å². The summed E-state index contributed by atoms with van der Waals surface area (Å²) < 4.78 is 32.0. The van der Waals surface area contributed by atoms with E-state index < -0.39 is 22.8 Å². The summed E-state index contributed by atoms with van der Waals surface area (Å²) in [5, 5.41) is 2.63. The second-order valence-electron chi connectivity index (χ2n) is 7.49. The average Bonchev–Trinajstić information content (AvgIpc) is 3.57. The highest BCUT2D eigenvalue weighted by atomic mass is 32.1. The number of carbonyl (C=O) groups is 1. The van der Waals surface area contributed by atoms with Crippen LogP contribution in [-0.2, 0) is 6.42 Å². The number of nitrogens with one attached hydrogen (secondary N) is 1. The molecule has 0 aliphatic heterocycles. The Kier molecular flexibility index (Phi) is 5.60. The third kappa shape index (κ3) is 3.71. The van der Waals surface area contributed by atoms with Crippen LogP contribution in [0.25, 0.3) is 10.9 Å². The molecule has 1 aromatic carbocycles. The number of aryl methyl sites for hydroxylation is 1. The quantitative estimate of drug-likeness (QED) is 0.329. The van der Waals surface area contributed by atoms with Gasteiger partial charge in [0, 0.05) is 30.7 Å². The van der Waals surface area contributed by atoms with E-state index in [4.69, 9.17) is 0 Å². The molecular weight excluding hydrogens is 408 g/mol. The first-order valence-electron chi connectivity index (χ1n) is 9.83. The lowest BCUT2D eigenvalue weighted by molar-refractivity contribution is 0.101. The minimum absolute atomic E-state index is 0.00822. The van der Waals surface area contributed by atoms with Crippen LogP contribution in [0.4, 0.5) is 14.5 Å². The van der Waals surface area contributed by atoms with E-state index in [1.165, 1.54) is 13.1 Å². The molecule has 30 heavy (non-hydrogen) atoms. The highest BCUT2D eigenvalue weighted by Crippen LogP contribution is 2.40. The second-order valence-corrected chi connectivity index (χ2v) is 7.94. The molecule has 0 bridgehead atoms. The molecule has 1 saturated carbocycles. The van der Waals surface area contributed by atoms with E-state index >= 15 is 4.39 Å². The Hall–Kier alpha value is -2.74. The van der Waals surface area contributed by atoms with Gasteiger partial charge in [-0.2, -0.15) is 0 Å². The fraction of sp³-hybridized carbons (Fsp3) is 0.318. The maximum atomic E-state index is 15.4. The van der Waals surface area contributed by atoms with Crippen molar-refractivity contribution >= 4 is 35.0 Å². The molecule has 4 rings (SSSR count). The molecule has 5 nitrogen and oxygen atoms in total. The van der Waals surface area contributed by atoms with Gasteiger partial charge in [-0.1, -0.05) is 6.07 Å². The summed E-state index contributed by atoms with van der Waals surface area (Å²) in [6.07, 6.45) is 5.98. The molecule has 0 atom stereocenters. The Labute approximate surface area is 177 Å². The summed E-state index contributed by atoms with van der Waals surface area (Å²) in [6, 6.07) is 5.59. The molecule has 2 heterocycles. The number of benzene rings is 1. The van der Waals surface area contributed by atoms with Crippen LogP contribution in [0.5, 0.6) is 0 Å². The van der Waals surface area contributed by atoms with Gasteiger partial charge in [-0.25, -0.2) is 8.78 Å². The Morgan fingerprint density at radius 1 is 1.30 bits per heavy atom. The summed E-state index contributed by atoms with van der Waals surface area (Å²) in [5.74, 6) is -2.21. The fourth-order valence-corrected chi connectivity index (χ4v) is 3.91. The molecule has 156 valence electrons. The van der Waals surface area contributed by atoms with Crippen molar-refractivity contribution in [3.8, 4) is 0 Å². The number of carbonyl (C=O) groups excluding carboxylic acids is 1. The van der Waals surface area contributed by atoms with Crippen LogP contribution < -0.4 is 10.7 Å². The number of pyridine rings is 2. The first kappa shape index (κ1) is 20.5. The van der Waals surface area contributed by atoms with Crippen molar-refractivity contribution in [2.24, 2.45) is 0 Å². The SMILES string of the molecule is CC(=O)c1cn(C2CC2)c2c(F)c(NCCCc3ccccn3)c(F)c(S)c2c1=O. The molecule has 0 spiro atoms. The van der Waals surface area contributed by atoms with Crippen LogP contribution in [-0.4, -0.2) is 21.9 Å². The number of fused-ring (bicyclic) bond motifs is 1. The molecule has 0 radical (unpaired) electrons. The molecule has 2 aromatic heterocycles. The van der Waals surface area contributed by atoms with Crippen molar-refractivity contribution in [3.63, 3.8) is 0 Å². The number of nitrogens with zero attached hydrogens (tertiary/aromatic N) is 2. The topological polar surface area (TPSA) is 64.0 Å². The second kappa shape index (κ2) is 8.18. The summed E-state index contributed by atoms with van der Waals surface area (Å²) in [4.78, 5) is 28.7. The van der Waals surface area contributed by atoms with Crippen LogP contribution >= 0.6 is 12.6 Å². The number of rotatable bonds is 7. The molecule has 1 aliphatic carbocycles. The van der Waals surface area contributed by atoms with E-state index in [0.29, 0.717) is 19.4 Å². The number of Topliss-reactive ketones (excluding diaryl/α,β-unsaturated/α-hetero) is 1. The van der Waals surface area contributed by atoms with Gasteiger partial charge in [0.05, 0.1) is 21.4 Å². The van der Waals surface area contributed by atoms with Gasteiger partial charge in [-0.15, -0.1) is 12.6 Å². The van der Waals surface area contributed by atoms with Gasteiger partial charge < -0.3 is 9.88 Å². The molecule has 0 amide bonds. The van der Waals surface area contributed by atoms with Crippen molar-refractivity contribution in [1.82, 2.24) is 9.55 Å². The van der Waals surface area contributed by atoms with Gasteiger partial charge in [-0.3, -0.25) is 14.6 Å². The molecular formula is C22H21F2N3O2S. The van der Waals surface area contributed by atoms with Crippen LogP contribution in [0.2, 0.25) is 0 Å². The van der Waals surface area contributed by atoms with Crippen LogP contribution in [0, 0.1) is 11.6 Å².